The highest BCUT2D eigenvalue weighted by molar-refractivity contribution is 9.10. The standard InChI is InChI=1S/C8H5BrF2O3/c1-14-4-2-3(10)6(9)7(11)5(4)8(12)13/h2H,1H3,(H,12,13). The van der Waals surface area contributed by atoms with Gasteiger partial charge in [0.15, 0.2) is 5.82 Å². The fourth-order valence-electron chi connectivity index (χ4n) is 0.934. The molecular formula is C8H5BrF2O3. The van der Waals surface area contributed by atoms with Crippen LogP contribution in [0.25, 0.3) is 0 Å². The van der Waals surface area contributed by atoms with Crippen LogP contribution in [0, 0.1) is 11.6 Å². The second-order valence-corrected chi connectivity index (χ2v) is 3.16. The van der Waals surface area contributed by atoms with Gasteiger partial charge in [0.2, 0.25) is 0 Å². The Hall–Kier alpha value is -1.17. The van der Waals surface area contributed by atoms with Gasteiger partial charge in [0.1, 0.15) is 17.1 Å². The largest absolute Gasteiger partial charge is 0.496 e. The molecule has 0 aliphatic carbocycles. The molecule has 0 heterocycles. The monoisotopic (exact) mass is 266 g/mol. The van der Waals surface area contributed by atoms with Crippen LogP contribution >= 0.6 is 15.9 Å². The van der Waals surface area contributed by atoms with Crippen LogP contribution in [-0.4, -0.2) is 18.2 Å². The summed E-state index contributed by atoms with van der Waals surface area (Å²) in [6.07, 6.45) is 0. The molecule has 0 atom stereocenters. The normalized spacial score (nSPS) is 10.0. The van der Waals surface area contributed by atoms with Crippen LogP contribution in [0.5, 0.6) is 5.75 Å². The summed E-state index contributed by atoms with van der Waals surface area (Å²) in [7, 11) is 1.13. The Labute approximate surface area is 86.4 Å². The molecule has 1 aromatic rings. The first-order valence-corrected chi connectivity index (χ1v) is 4.23. The maximum absolute atomic E-state index is 13.2. The Bertz CT molecular complexity index is 393. The number of methoxy groups -OCH3 is 1. The highest BCUT2D eigenvalue weighted by atomic mass is 79.9. The minimum atomic E-state index is -1.51. The first kappa shape index (κ1) is 10.9. The third-order valence-electron chi connectivity index (χ3n) is 1.56. The molecule has 3 nitrogen and oxygen atoms in total. The minimum Gasteiger partial charge on any atom is -0.496 e. The van der Waals surface area contributed by atoms with Gasteiger partial charge in [-0.05, 0) is 15.9 Å². The predicted molar refractivity (Wildman–Crippen MR) is 47.6 cm³/mol. The average Bonchev–Trinajstić information content (AvgIpc) is 2.12. The summed E-state index contributed by atoms with van der Waals surface area (Å²) in [4.78, 5) is 10.6. The lowest BCUT2D eigenvalue weighted by Gasteiger charge is -2.07. The number of aromatic carboxylic acids is 1. The zero-order chi connectivity index (χ0) is 10.9. The smallest absolute Gasteiger partial charge is 0.342 e. The maximum Gasteiger partial charge on any atom is 0.342 e. The molecule has 0 saturated carbocycles. The molecule has 0 bridgehead atoms. The van der Waals surface area contributed by atoms with Gasteiger partial charge >= 0.3 is 5.97 Å². The van der Waals surface area contributed by atoms with Gasteiger partial charge in [-0.3, -0.25) is 0 Å². The lowest BCUT2D eigenvalue weighted by atomic mass is 10.2. The lowest BCUT2D eigenvalue weighted by molar-refractivity contribution is 0.0687. The Morgan fingerprint density at radius 1 is 1.57 bits per heavy atom. The van der Waals surface area contributed by atoms with Gasteiger partial charge in [0.05, 0.1) is 11.6 Å². The number of halogens is 3. The van der Waals surface area contributed by atoms with Gasteiger partial charge in [0.25, 0.3) is 0 Å². The third kappa shape index (κ3) is 1.70. The number of carbonyl (C=O) groups is 1. The highest BCUT2D eigenvalue weighted by Gasteiger charge is 2.22. The number of carboxylic acid groups (broad SMARTS) is 1. The highest BCUT2D eigenvalue weighted by Crippen LogP contribution is 2.30. The molecule has 0 aromatic heterocycles. The number of hydrogen-bond donors (Lipinski definition) is 1. The minimum absolute atomic E-state index is 0.351. The zero-order valence-corrected chi connectivity index (χ0v) is 8.56. The summed E-state index contributed by atoms with van der Waals surface area (Å²) < 4.78 is 30.1. The van der Waals surface area contributed by atoms with E-state index in [0.717, 1.165) is 13.2 Å². The van der Waals surface area contributed by atoms with Crippen molar-refractivity contribution in [2.45, 2.75) is 0 Å². The van der Waals surface area contributed by atoms with Crippen molar-refractivity contribution in [3.63, 3.8) is 0 Å². The molecule has 0 aliphatic heterocycles. The van der Waals surface area contributed by atoms with E-state index in [-0.39, 0.29) is 5.75 Å². The van der Waals surface area contributed by atoms with E-state index < -0.39 is 27.6 Å². The Kier molecular flexibility index (Phi) is 3.05. The van der Waals surface area contributed by atoms with E-state index in [9.17, 15) is 13.6 Å². The molecule has 0 amide bonds. The van der Waals surface area contributed by atoms with E-state index in [4.69, 9.17) is 5.11 Å². The number of benzene rings is 1. The molecular weight excluding hydrogens is 262 g/mol. The topological polar surface area (TPSA) is 46.5 Å². The molecule has 0 radical (unpaired) electrons. The molecule has 0 saturated heterocycles. The number of ether oxygens (including phenoxy) is 1. The van der Waals surface area contributed by atoms with Gasteiger partial charge in [-0.25, -0.2) is 13.6 Å². The van der Waals surface area contributed by atoms with Gasteiger partial charge < -0.3 is 9.84 Å². The molecule has 76 valence electrons. The summed E-state index contributed by atoms with van der Waals surface area (Å²) in [5.41, 5.74) is -0.694. The molecule has 0 spiro atoms. The van der Waals surface area contributed by atoms with Gasteiger partial charge in [-0.15, -0.1) is 0 Å². The number of rotatable bonds is 2. The van der Waals surface area contributed by atoms with E-state index in [2.05, 4.69) is 20.7 Å². The van der Waals surface area contributed by atoms with Crippen molar-refractivity contribution in [1.82, 2.24) is 0 Å². The predicted octanol–water partition coefficient (Wildman–Crippen LogP) is 2.43. The first-order valence-electron chi connectivity index (χ1n) is 3.43. The summed E-state index contributed by atoms with van der Waals surface area (Å²) in [5, 5.41) is 8.63. The van der Waals surface area contributed by atoms with Crippen LogP contribution in [0.3, 0.4) is 0 Å². The Balaban J connectivity index is 3.53. The third-order valence-corrected chi connectivity index (χ3v) is 2.29. The molecule has 0 unspecified atom stereocenters. The van der Waals surface area contributed by atoms with E-state index in [1.807, 2.05) is 0 Å². The van der Waals surface area contributed by atoms with Crippen molar-refractivity contribution >= 4 is 21.9 Å². The molecule has 1 rings (SSSR count). The van der Waals surface area contributed by atoms with E-state index in [1.54, 1.807) is 0 Å². The molecule has 1 aromatic carbocycles. The summed E-state index contributed by atoms with van der Waals surface area (Å²) >= 11 is 2.59. The summed E-state index contributed by atoms with van der Waals surface area (Å²) in [6, 6.07) is 0.802. The van der Waals surface area contributed by atoms with E-state index in [1.165, 1.54) is 0 Å². The van der Waals surface area contributed by atoms with Crippen molar-refractivity contribution in [3.8, 4) is 5.75 Å². The quantitative estimate of drug-likeness (QED) is 0.837. The van der Waals surface area contributed by atoms with Crippen molar-refractivity contribution in [2.75, 3.05) is 7.11 Å². The van der Waals surface area contributed by atoms with Gasteiger partial charge in [0, 0.05) is 6.07 Å². The van der Waals surface area contributed by atoms with Crippen molar-refractivity contribution in [2.24, 2.45) is 0 Å². The molecule has 1 N–H and O–H groups in total. The molecule has 0 fully saturated rings. The fraction of sp³-hybridized carbons (Fsp3) is 0.125. The zero-order valence-electron chi connectivity index (χ0n) is 6.97. The van der Waals surface area contributed by atoms with Crippen LogP contribution in [0.1, 0.15) is 10.4 Å². The SMILES string of the molecule is COc1cc(F)c(Br)c(F)c1C(=O)O. The lowest BCUT2D eigenvalue weighted by Crippen LogP contribution is -2.06. The number of carboxylic acids is 1. The van der Waals surface area contributed by atoms with Crippen LogP contribution in [-0.2, 0) is 0 Å². The average molecular weight is 267 g/mol. The molecule has 0 aliphatic rings. The van der Waals surface area contributed by atoms with Gasteiger partial charge in [-0.1, -0.05) is 0 Å². The van der Waals surface area contributed by atoms with E-state index in [0.29, 0.717) is 0 Å². The maximum atomic E-state index is 13.2. The fourth-order valence-corrected chi connectivity index (χ4v) is 1.25. The summed E-state index contributed by atoms with van der Waals surface area (Å²) in [5.74, 6) is -3.96. The van der Waals surface area contributed by atoms with Crippen molar-refractivity contribution < 1.29 is 23.4 Å². The number of hydrogen-bond acceptors (Lipinski definition) is 2. The van der Waals surface area contributed by atoms with Crippen molar-refractivity contribution in [1.29, 1.82) is 0 Å². The first-order chi connectivity index (χ1) is 6.49. The molecule has 14 heavy (non-hydrogen) atoms. The molecule has 6 heteroatoms. The van der Waals surface area contributed by atoms with Crippen LogP contribution in [0.2, 0.25) is 0 Å². The Morgan fingerprint density at radius 3 is 2.57 bits per heavy atom. The Morgan fingerprint density at radius 2 is 2.14 bits per heavy atom. The second-order valence-electron chi connectivity index (χ2n) is 2.37. The van der Waals surface area contributed by atoms with Gasteiger partial charge in [-0.2, -0.15) is 0 Å². The van der Waals surface area contributed by atoms with Crippen molar-refractivity contribution in [3.05, 3.63) is 27.7 Å². The van der Waals surface area contributed by atoms with E-state index >= 15 is 0 Å². The van der Waals surface area contributed by atoms with Crippen LogP contribution in [0.15, 0.2) is 10.5 Å². The summed E-state index contributed by atoms with van der Waals surface area (Å²) in [6.45, 7) is 0. The van der Waals surface area contributed by atoms with Crippen LogP contribution in [0.4, 0.5) is 8.78 Å². The second kappa shape index (κ2) is 3.91. The van der Waals surface area contributed by atoms with Crippen LogP contribution < -0.4 is 4.74 Å².